The molecule has 14 heavy (non-hydrogen) atoms. The molecule has 2 heterocycles. The Morgan fingerprint density at radius 1 is 1.50 bits per heavy atom. The number of hydrogen-bond donors (Lipinski definition) is 0. The summed E-state index contributed by atoms with van der Waals surface area (Å²) in [6, 6.07) is 5.57. The summed E-state index contributed by atoms with van der Waals surface area (Å²) in [7, 11) is 0. The van der Waals surface area contributed by atoms with E-state index in [4.69, 9.17) is 9.15 Å². The normalized spacial score (nSPS) is 10.1. The van der Waals surface area contributed by atoms with Crippen LogP contribution in [0, 0.1) is 0 Å². The summed E-state index contributed by atoms with van der Waals surface area (Å²) in [5.41, 5.74) is 0.987. The third-order valence-electron chi connectivity index (χ3n) is 1.66. The Balaban J connectivity index is 1.95. The summed E-state index contributed by atoms with van der Waals surface area (Å²) >= 11 is 3.22. The third kappa shape index (κ3) is 2.35. The molecule has 0 atom stereocenters. The Hall–Kier alpha value is -1.29. The van der Waals surface area contributed by atoms with E-state index < -0.39 is 0 Å². The zero-order valence-electron chi connectivity index (χ0n) is 7.31. The number of aromatic nitrogens is 1. The highest BCUT2D eigenvalue weighted by Gasteiger charge is 1.99. The number of ether oxygens (including phenoxy) is 1. The molecule has 0 amide bonds. The second-order valence-corrected chi connectivity index (χ2v) is 3.52. The van der Waals surface area contributed by atoms with Crippen LogP contribution in [0.15, 0.2) is 45.9 Å². The van der Waals surface area contributed by atoms with Crippen molar-refractivity contribution >= 4 is 15.9 Å². The van der Waals surface area contributed by atoms with Gasteiger partial charge in [0, 0.05) is 11.8 Å². The second kappa shape index (κ2) is 4.28. The molecule has 0 unspecified atom stereocenters. The Morgan fingerprint density at radius 2 is 2.43 bits per heavy atom. The van der Waals surface area contributed by atoms with E-state index in [-0.39, 0.29) is 0 Å². The molecule has 0 N–H and O–H groups in total. The average molecular weight is 254 g/mol. The van der Waals surface area contributed by atoms with Gasteiger partial charge in [0.2, 0.25) is 0 Å². The van der Waals surface area contributed by atoms with Crippen LogP contribution in [0.1, 0.15) is 5.56 Å². The molecule has 0 aliphatic rings. The average Bonchev–Trinajstić information content (AvgIpc) is 2.63. The first-order chi connectivity index (χ1) is 6.84. The Bertz CT molecular complexity index is 400. The summed E-state index contributed by atoms with van der Waals surface area (Å²) in [5.74, 6) is 0.754. The fourth-order valence-corrected chi connectivity index (χ4v) is 1.41. The Labute approximate surface area is 89.8 Å². The maximum Gasteiger partial charge on any atom is 0.169 e. The van der Waals surface area contributed by atoms with Crippen LogP contribution in [-0.4, -0.2) is 4.98 Å². The minimum Gasteiger partial charge on any atom is -0.487 e. The minimum absolute atomic E-state index is 0.487. The van der Waals surface area contributed by atoms with Gasteiger partial charge in [-0.05, 0) is 34.1 Å². The first-order valence-corrected chi connectivity index (χ1v) is 4.89. The van der Waals surface area contributed by atoms with Crippen LogP contribution in [0.2, 0.25) is 0 Å². The van der Waals surface area contributed by atoms with E-state index in [0.717, 1.165) is 11.3 Å². The smallest absolute Gasteiger partial charge is 0.169 e. The molecule has 0 saturated carbocycles. The highest BCUT2D eigenvalue weighted by Crippen LogP contribution is 2.16. The van der Waals surface area contributed by atoms with Crippen molar-refractivity contribution in [2.75, 3.05) is 0 Å². The molecule has 2 rings (SSSR count). The van der Waals surface area contributed by atoms with Crippen LogP contribution in [-0.2, 0) is 6.61 Å². The lowest BCUT2D eigenvalue weighted by Crippen LogP contribution is -1.93. The van der Waals surface area contributed by atoms with Gasteiger partial charge in [0.05, 0.1) is 12.5 Å². The number of furan rings is 1. The molecule has 2 aromatic rings. The number of rotatable bonds is 3. The van der Waals surface area contributed by atoms with Gasteiger partial charge in [0.15, 0.2) is 4.67 Å². The van der Waals surface area contributed by atoms with Gasteiger partial charge in [-0.2, -0.15) is 0 Å². The van der Waals surface area contributed by atoms with Gasteiger partial charge < -0.3 is 9.15 Å². The van der Waals surface area contributed by atoms with Gasteiger partial charge in [-0.25, -0.2) is 0 Å². The van der Waals surface area contributed by atoms with Crippen molar-refractivity contribution < 1.29 is 9.15 Å². The SMILES string of the molecule is Brc1cc(COc2cccnc2)co1. The van der Waals surface area contributed by atoms with Gasteiger partial charge in [0.25, 0.3) is 0 Å². The molecule has 0 aromatic carbocycles. The molecule has 3 nitrogen and oxygen atoms in total. The molecule has 2 aromatic heterocycles. The summed E-state index contributed by atoms with van der Waals surface area (Å²) in [4.78, 5) is 3.94. The van der Waals surface area contributed by atoms with E-state index in [0.29, 0.717) is 11.3 Å². The molecule has 0 spiro atoms. The summed E-state index contributed by atoms with van der Waals surface area (Å²) in [5, 5.41) is 0. The molecule has 0 fully saturated rings. The molecule has 72 valence electrons. The summed E-state index contributed by atoms with van der Waals surface area (Å²) < 4.78 is 11.2. The molecular formula is C10H8BrNO2. The van der Waals surface area contributed by atoms with E-state index in [9.17, 15) is 0 Å². The largest absolute Gasteiger partial charge is 0.487 e. The number of nitrogens with zero attached hydrogens (tertiary/aromatic N) is 1. The second-order valence-electron chi connectivity index (χ2n) is 2.74. The van der Waals surface area contributed by atoms with E-state index in [2.05, 4.69) is 20.9 Å². The first kappa shape index (κ1) is 9.27. The lowest BCUT2D eigenvalue weighted by molar-refractivity contribution is 0.303. The predicted octanol–water partition coefficient (Wildman–Crippen LogP) is 3.02. The molecule has 0 saturated heterocycles. The highest BCUT2D eigenvalue weighted by atomic mass is 79.9. The van der Waals surface area contributed by atoms with E-state index in [1.807, 2.05) is 18.2 Å². The quantitative estimate of drug-likeness (QED) is 0.844. The Kier molecular flexibility index (Phi) is 2.84. The molecule has 4 heteroatoms. The Morgan fingerprint density at radius 3 is 3.07 bits per heavy atom. The molecular weight excluding hydrogens is 246 g/mol. The van der Waals surface area contributed by atoms with Gasteiger partial charge in [-0.1, -0.05) is 0 Å². The molecule has 0 aliphatic heterocycles. The summed E-state index contributed by atoms with van der Waals surface area (Å²) in [6.07, 6.45) is 5.04. The van der Waals surface area contributed by atoms with Crippen molar-refractivity contribution in [3.8, 4) is 5.75 Å². The molecule has 0 aliphatic carbocycles. The minimum atomic E-state index is 0.487. The maximum absolute atomic E-state index is 5.46. The zero-order chi connectivity index (χ0) is 9.80. The summed E-state index contributed by atoms with van der Waals surface area (Å²) in [6.45, 7) is 0.487. The van der Waals surface area contributed by atoms with Crippen molar-refractivity contribution in [2.24, 2.45) is 0 Å². The molecule has 0 radical (unpaired) electrons. The fourth-order valence-electron chi connectivity index (χ4n) is 1.02. The van der Waals surface area contributed by atoms with Crippen LogP contribution >= 0.6 is 15.9 Å². The van der Waals surface area contributed by atoms with Crippen molar-refractivity contribution in [3.05, 3.63) is 47.1 Å². The van der Waals surface area contributed by atoms with Crippen molar-refractivity contribution in [1.29, 1.82) is 0 Å². The molecule has 0 bridgehead atoms. The van der Waals surface area contributed by atoms with Crippen LogP contribution in [0.25, 0.3) is 0 Å². The van der Waals surface area contributed by atoms with Gasteiger partial charge in [-0.15, -0.1) is 0 Å². The van der Waals surface area contributed by atoms with Gasteiger partial charge >= 0.3 is 0 Å². The van der Waals surface area contributed by atoms with E-state index in [1.165, 1.54) is 0 Å². The van der Waals surface area contributed by atoms with Gasteiger partial charge in [-0.3, -0.25) is 4.98 Å². The first-order valence-electron chi connectivity index (χ1n) is 4.10. The highest BCUT2D eigenvalue weighted by molar-refractivity contribution is 9.10. The maximum atomic E-state index is 5.46. The predicted molar refractivity (Wildman–Crippen MR) is 55.0 cm³/mol. The topological polar surface area (TPSA) is 35.3 Å². The zero-order valence-corrected chi connectivity index (χ0v) is 8.90. The number of pyridine rings is 1. The fraction of sp³-hybridized carbons (Fsp3) is 0.100. The monoisotopic (exact) mass is 253 g/mol. The van der Waals surface area contributed by atoms with Crippen molar-refractivity contribution in [2.45, 2.75) is 6.61 Å². The van der Waals surface area contributed by atoms with Gasteiger partial charge in [0.1, 0.15) is 12.4 Å². The standard InChI is InChI=1S/C10H8BrNO2/c11-10-4-8(7-14-10)6-13-9-2-1-3-12-5-9/h1-5,7H,6H2. The van der Waals surface area contributed by atoms with Crippen LogP contribution in [0.4, 0.5) is 0 Å². The van der Waals surface area contributed by atoms with Crippen LogP contribution in [0.5, 0.6) is 5.75 Å². The van der Waals surface area contributed by atoms with Crippen molar-refractivity contribution in [1.82, 2.24) is 4.98 Å². The number of hydrogen-bond acceptors (Lipinski definition) is 3. The van der Waals surface area contributed by atoms with Crippen LogP contribution < -0.4 is 4.74 Å². The van der Waals surface area contributed by atoms with Crippen LogP contribution in [0.3, 0.4) is 0 Å². The lowest BCUT2D eigenvalue weighted by Gasteiger charge is -2.01. The lowest BCUT2D eigenvalue weighted by atomic mass is 10.4. The van der Waals surface area contributed by atoms with E-state index in [1.54, 1.807) is 18.7 Å². The van der Waals surface area contributed by atoms with E-state index >= 15 is 0 Å². The van der Waals surface area contributed by atoms with Crippen molar-refractivity contribution in [3.63, 3.8) is 0 Å². The number of halogens is 1. The third-order valence-corrected chi connectivity index (χ3v) is 2.08.